The summed E-state index contributed by atoms with van der Waals surface area (Å²) in [6, 6.07) is 4.63. The number of benzene rings is 1. The highest BCUT2D eigenvalue weighted by Gasteiger charge is 2.25. The normalized spacial score (nSPS) is 14.8. The minimum absolute atomic E-state index is 0.243. The Morgan fingerprint density at radius 1 is 1.44 bits per heavy atom. The Kier molecular flexibility index (Phi) is 4.44. The van der Waals surface area contributed by atoms with Gasteiger partial charge in [-0.25, -0.2) is 4.39 Å². The molecule has 0 amide bonds. The van der Waals surface area contributed by atoms with Crippen molar-refractivity contribution in [2.75, 3.05) is 13.7 Å². The highest BCUT2D eigenvalue weighted by atomic mass is 19.1. The molecule has 0 fully saturated rings. The van der Waals surface area contributed by atoms with Crippen LogP contribution in [0.15, 0.2) is 18.2 Å². The molecule has 1 aromatic carbocycles. The molecule has 0 aromatic heterocycles. The van der Waals surface area contributed by atoms with Gasteiger partial charge in [-0.05, 0) is 36.6 Å². The van der Waals surface area contributed by atoms with Gasteiger partial charge in [0.1, 0.15) is 5.82 Å². The van der Waals surface area contributed by atoms with Crippen molar-refractivity contribution in [2.45, 2.75) is 32.3 Å². The van der Waals surface area contributed by atoms with Gasteiger partial charge in [0.15, 0.2) is 0 Å². The maximum atomic E-state index is 12.9. The average molecular weight is 226 g/mol. The van der Waals surface area contributed by atoms with Crippen LogP contribution in [0.2, 0.25) is 0 Å². The molecular formula is C13H19FO2. The summed E-state index contributed by atoms with van der Waals surface area (Å²) in [5.41, 5.74) is 0.961. The predicted octanol–water partition coefficient (Wildman–Crippen LogP) is 2.46. The lowest BCUT2D eigenvalue weighted by Gasteiger charge is -2.26. The molecule has 0 heterocycles. The van der Waals surface area contributed by atoms with E-state index >= 15 is 0 Å². The first-order chi connectivity index (χ1) is 7.50. The van der Waals surface area contributed by atoms with Gasteiger partial charge >= 0.3 is 0 Å². The molecule has 2 nitrogen and oxygen atoms in total. The van der Waals surface area contributed by atoms with Gasteiger partial charge in [-0.3, -0.25) is 0 Å². The van der Waals surface area contributed by atoms with Gasteiger partial charge in [0.25, 0.3) is 0 Å². The van der Waals surface area contributed by atoms with Crippen molar-refractivity contribution in [3.8, 4) is 0 Å². The number of methoxy groups -OCH3 is 1. The summed E-state index contributed by atoms with van der Waals surface area (Å²) in [4.78, 5) is 0. The number of halogens is 1. The molecule has 1 rings (SSSR count). The second-order valence-electron chi connectivity index (χ2n) is 4.26. The van der Waals surface area contributed by atoms with Gasteiger partial charge in [0.05, 0.1) is 12.2 Å². The van der Waals surface area contributed by atoms with E-state index in [-0.39, 0.29) is 5.82 Å². The highest BCUT2D eigenvalue weighted by molar-refractivity contribution is 5.28. The summed E-state index contributed by atoms with van der Waals surface area (Å²) in [5.74, 6) is -0.243. The van der Waals surface area contributed by atoms with Crippen LogP contribution in [0.4, 0.5) is 4.39 Å². The molecule has 0 aliphatic carbocycles. The Labute approximate surface area is 96.1 Å². The molecule has 0 bridgehead atoms. The summed E-state index contributed by atoms with van der Waals surface area (Å²) >= 11 is 0. The Balaban J connectivity index is 2.85. The molecule has 0 aliphatic rings. The van der Waals surface area contributed by atoms with Gasteiger partial charge in [0.2, 0.25) is 0 Å². The molecule has 0 spiro atoms. The largest absolute Gasteiger partial charge is 0.387 e. The van der Waals surface area contributed by atoms with E-state index in [1.54, 1.807) is 13.2 Å². The Morgan fingerprint density at radius 2 is 2.12 bits per heavy atom. The number of rotatable bonds is 5. The second kappa shape index (κ2) is 5.41. The first-order valence-corrected chi connectivity index (χ1v) is 5.47. The maximum Gasteiger partial charge on any atom is 0.123 e. The first-order valence-electron chi connectivity index (χ1n) is 5.47. The zero-order chi connectivity index (χ0) is 12.2. The van der Waals surface area contributed by atoms with E-state index in [4.69, 9.17) is 4.74 Å². The monoisotopic (exact) mass is 226 g/mol. The van der Waals surface area contributed by atoms with Crippen LogP contribution in [0.1, 0.15) is 24.5 Å². The lowest BCUT2D eigenvalue weighted by molar-refractivity contribution is -0.0334. The van der Waals surface area contributed by atoms with Crippen molar-refractivity contribution < 1.29 is 14.2 Å². The van der Waals surface area contributed by atoms with E-state index in [0.29, 0.717) is 19.4 Å². The molecule has 1 aromatic rings. The SMILES string of the molecule is CCC(O)(COC)Cc1ccc(F)cc1C. The van der Waals surface area contributed by atoms with Gasteiger partial charge in [-0.1, -0.05) is 13.0 Å². The zero-order valence-corrected chi connectivity index (χ0v) is 10.1. The first kappa shape index (κ1) is 13.1. The lowest BCUT2D eigenvalue weighted by atomic mass is 9.90. The maximum absolute atomic E-state index is 12.9. The molecule has 0 saturated heterocycles. The van der Waals surface area contributed by atoms with Crippen molar-refractivity contribution in [1.82, 2.24) is 0 Å². The molecule has 0 aliphatic heterocycles. The Hall–Kier alpha value is -0.930. The number of hydrogen-bond acceptors (Lipinski definition) is 2. The number of hydrogen-bond donors (Lipinski definition) is 1. The van der Waals surface area contributed by atoms with Crippen LogP contribution in [0.5, 0.6) is 0 Å². The van der Waals surface area contributed by atoms with Gasteiger partial charge in [-0.15, -0.1) is 0 Å². The number of aryl methyl sites for hydroxylation is 1. The molecule has 1 N–H and O–H groups in total. The molecule has 0 saturated carbocycles. The highest BCUT2D eigenvalue weighted by Crippen LogP contribution is 2.20. The fourth-order valence-corrected chi connectivity index (χ4v) is 1.76. The fraction of sp³-hybridized carbons (Fsp3) is 0.538. The van der Waals surface area contributed by atoms with Crippen LogP contribution in [-0.4, -0.2) is 24.4 Å². The van der Waals surface area contributed by atoms with E-state index in [2.05, 4.69) is 0 Å². The standard InChI is InChI=1S/C13H19FO2/c1-4-13(15,9-16-3)8-11-5-6-12(14)7-10(11)2/h5-7,15H,4,8-9H2,1-3H3. The van der Waals surface area contributed by atoms with Crippen LogP contribution in [0.3, 0.4) is 0 Å². The van der Waals surface area contributed by atoms with Gasteiger partial charge < -0.3 is 9.84 Å². The molecule has 3 heteroatoms. The third kappa shape index (κ3) is 3.29. The molecule has 1 unspecified atom stereocenters. The number of ether oxygens (including phenoxy) is 1. The van der Waals surface area contributed by atoms with E-state index in [1.807, 2.05) is 13.8 Å². The van der Waals surface area contributed by atoms with Crippen molar-refractivity contribution in [1.29, 1.82) is 0 Å². The average Bonchev–Trinajstić information content (AvgIpc) is 2.23. The smallest absolute Gasteiger partial charge is 0.123 e. The van der Waals surface area contributed by atoms with Crippen molar-refractivity contribution in [2.24, 2.45) is 0 Å². The molecule has 90 valence electrons. The van der Waals surface area contributed by atoms with Crippen LogP contribution in [-0.2, 0) is 11.2 Å². The number of aliphatic hydroxyl groups is 1. The fourth-order valence-electron chi connectivity index (χ4n) is 1.76. The topological polar surface area (TPSA) is 29.5 Å². The van der Waals surface area contributed by atoms with E-state index in [0.717, 1.165) is 11.1 Å². The summed E-state index contributed by atoms with van der Waals surface area (Å²) in [6.45, 7) is 4.06. The summed E-state index contributed by atoms with van der Waals surface area (Å²) in [6.07, 6.45) is 1.10. The quantitative estimate of drug-likeness (QED) is 0.835. The van der Waals surface area contributed by atoms with Crippen molar-refractivity contribution in [3.63, 3.8) is 0 Å². The molecule has 1 atom stereocenters. The Morgan fingerprint density at radius 3 is 2.62 bits per heavy atom. The van der Waals surface area contributed by atoms with Crippen LogP contribution in [0, 0.1) is 12.7 Å². The molecule has 0 radical (unpaired) electrons. The van der Waals surface area contributed by atoms with Crippen LogP contribution in [0.25, 0.3) is 0 Å². The van der Waals surface area contributed by atoms with Crippen molar-refractivity contribution in [3.05, 3.63) is 35.1 Å². The lowest BCUT2D eigenvalue weighted by Crippen LogP contribution is -2.36. The second-order valence-corrected chi connectivity index (χ2v) is 4.26. The van der Waals surface area contributed by atoms with Crippen molar-refractivity contribution >= 4 is 0 Å². The molecule has 16 heavy (non-hydrogen) atoms. The van der Waals surface area contributed by atoms with Crippen LogP contribution < -0.4 is 0 Å². The van der Waals surface area contributed by atoms with Gasteiger partial charge in [-0.2, -0.15) is 0 Å². The minimum atomic E-state index is -0.864. The van der Waals surface area contributed by atoms with E-state index < -0.39 is 5.60 Å². The van der Waals surface area contributed by atoms with Crippen LogP contribution >= 0.6 is 0 Å². The summed E-state index contributed by atoms with van der Waals surface area (Å²) < 4.78 is 17.9. The minimum Gasteiger partial charge on any atom is -0.387 e. The summed E-state index contributed by atoms with van der Waals surface area (Å²) in [5, 5.41) is 10.2. The predicted molar refractivity (Wildman–Crippen MR) is 62.0 cm³/mol. The Bertz CT molecular complexity index is 352. The third-order valence-electron chi connectivity index (χ3n) is 2.90. The van der Waals surface area contributed by atoms with E-state index in [1.165, 1.54) is 12.1 Å². The summed E-state index contributed by atoms with van der Waals surface area (Å²) in [7, 11) is 1.57. The van der Waals surface area contributed by atoms with Gasteiger partial charge in [0, 0.05) is 13.5 Å². The van der Waals surface area contributed by atoms with E-state index in [9.17, 15) is 9.50 Å². The zero-order valence-electron chi connectivity index (χ0n) is 10.1. The third-order valence-corrected chi connectivity index (χ3v) is 2.90. The molecular weight excluding hydrogens is 207 g/mol.